The average Bonchev–Trinajstić information content (AvgIpc) is 2.11. The second kappa shape index (κ2) is 4.48. The minimum atomic E-state index is -5.71. The zero-order valence-electron chi connectivity index (χ0n) is 8.37. The Morgan fingerprint density at radius 3 is 1.89 bits per heavy atom. The Balaban J connectivity index is 2.47. The largest absolute Gasteiger partial charge is 0.441 e. The van der Waals surface area contributed by atoms with Gasteiger partial charge >= 0.3 is 23.4 Å². The Morgan fingerprint density at radius 1 is 0.778 bits per heavy atom. The molecule has 0 radical (unpaired) electrons. The quantitative estimate of drug-likeness (QED) is 0.438. The highest BCUT2D eigenvalue weighted by atomic mass is 31.3. The fourth-order valence-electron chi connectivity index (χ4n) is 1.10. The van der Waals surface area contributed by atoms with Gasteiger partial charge in [-0.2, -0.15) is 0 Å². The van der Waals surface area contributed by atoms with E-state index in [0.29, 0.717) is 0 Å². The summed E-state index contributed by atoms with van der Waals surface area (Å²) in [6.07, 6.45) is 0. The van der Waals surface area contributed by atoms with Gasteiger partial charge in [0.2, 0.25) is 0 Å². The van der Waals surface area contributed by atoms with Gasteiger partial charge in [-0.05, 0) is 12.1 Å². The van der Waals surface area contributed by atoms with E-state index in [1.165, 1.54) is 24.3 Å². The first kappa shape index (κ1) is 13.8. The van der Waals surface area contributed by atoms with Crippen molar-refractivity contribution in [1.82, 2.24) is 0 Å². The van der Waals surface area contributed by atoms with Crippen LogP contribution in [0, 0.1) is 0 Å². The van der Waals surface area contributed by atoms with E-state index in [1.54, 1.807) is 6.07 Å². The van der Waals surface area contributed by atoms with Gasteiger partial charge in [-0.3, -0.25) is 0 Å². The highest BCUT2D eigenvalue weighted by Crippen LogP contribution is 2.81. The molecule has 12 heteroatoms. The number of halogens is 5. The van der Waals surface area contributed by atoms with Gasteiger partial charge in [-0.1, -0.05) is 18.2 Å². The molecule has 0 N–H and O–H groups in total. The lowest BCUT2D eigenvalue weighted by Gasteiger charge is -2.16. The molecule has 1 unspecified atom stereocenters. The molecule has 1 aliphatic rings. The summed E-state index contributed by atoms with van der Waals surface area (Å²) in [5.74, 6) is -0.192. The summed E-state index contributed by atoms with van der Waals surface area (Å²) in [5, 5.41) is 0. The lowest BCUT2D eigenvalue weighted by Crippen LogP contribution is -1.86. The highest BCUT2D eigenvalue weighted by molar-refractivity contribution is 7.77. The molecule has 0 amide bonds. The van der Waals surface area contributed by atoms with E-state index in [4.69, 9.17) is 0 Å². The number of benzene rings is 1. The Kier molecular flexibility index (Phi) is 3.43. The molecule has 100 valence electrons. The first-order valence-corrected chi connectivity index (χ1v) is 8.80. The minimum Gasteiger partial charge on any atom is -0.419 e. The Morgan fingerprint density at radius 2 is 1.33 bits per heavy atom. The third-order valence-corrected chi connectivity index (χ3v) is 7.27. The number of para-hydroxylation sites is 1. The van der Waals surface area contributed by atoms with Crippen LogP contribution in [-0.2, 0) is 0 Å². The summed E-state index contributed by atoms with van der Waals surface area (Å²) in [6.45, 7) is 0. The maximum absolute atomic E-state index is 13.8. The van der Waals surface area contributed by atoms with E-state index >= 15 is 0 Å². The van der Waals surface area contributed by atoms with Crippen molar-refractivity contribution in [2.45, 2.75) is 0 Å². The topological polar surface area (TPSA) is 46.3 Å². The van der Waals surface area contributed by atoms with Gasteiger partial charge in [0.15, 0.2) is 0 Å². The Labute approximate surface area is 99.2 Å². The average molecular weight is 323 g/mol. The minimum absolute atomic E-state index is 0.192. The maximum atomic E-state index is 13.8. The number of nitrogens with zero attached hydrogens (tertiary/aromatic N) is 3. The van der Waals surface area contributed by atoms with Crippen LogP contribution in [0.25, 0.3) is 0 Å². The first-order valence-electron chi connectivity index (χ1n) is 4.34. The lowest BCUT2D eigenvalue weighted by atomic mass is 10.3. The molecule has 1 aliphatic heterocycles. The van der Waals surface area contributed by atoms with Gasteiger partial charge in [0.1, 0.15) is 5.75 Å². The van der Waals surface area contributed by atoms with Crippen molar-refractivity contribution in [3.8, 4) is 5.75 Å². The van der Waals surface area contributed by atoms with Crippen LogP contribution < -0.4 is 4.52 Å². The van der Waals surface area contributed by atoms with Crippen LogP contribution >= 0.6 is 23.4 Å². The third kappa shape index (κ3) is 3.44. The maximum Gasteiger partial charge on any atom is 0.441 e. The van der Waals surface area contributed by atoms with Crippen LogP contribution in [0.1, 0.15) is 0 Å². The summed E-state index contributed by atoms with van der Waals surface area (Å²) in [6, 6.07) is 6.87. The SMILES string of the molecule is FP1(F)=NP(F)(F)=NP(F)(Oc2ccccc2)=N1. The van der Waals surface area contributed by atoms with Crippen LogP contribution in [-0.4, -0.2) is 0 Å². The van der Waals surface area contributed by atoms with Crippen molar-refractivity contribution in [2.24, 2.45) is 13.5 Å². The fraction of sp³-hybridized carbons (Fsp3) is 0. The molecule has 0 bridgehead atoms. The van der Waals surface area contributed by atoms with E-state index in [9.17, 15) is 21.0 Å². The Hall–Kier alpha value is -0.640. The van der Waals surface area contributed by atoms with E-state index in [1.807, 2.05) is 4.52 Å². The van der Waals surface area contributed by atoms with E-state index in [0.717, 1.165) is 0 Å². The molecule has 18 heavy (non-hydrogen) atoms. The molecular weight excluding hydrogens is 318 g/mol. The molecule has 1 atom stereocenters. The number of hydrogen-bond donors (Lipinski definition) is 0. The van der Waals surface area contributed by atoms with Gasteiger partial charge in [0, 0.05) is 0 Å². The van der Waals surface area contributed by atoms with E-state index in [2.05, 4.69) is 13.6 Å². The summed E-state index contributed by atoms with van der Waals surface area (Å²) < 4.78 is 76.4. The smallest absolute Gasteiger partial charge is 0.419 e. The van der Waals surface area contributed by atoms with Crippen molar-refractivity contribution in [3.63, 3.8) is 0 Å². The third-order valence-electron chi connectivity index (χ3n) is 1.62. The molecule has 1 heterocycles. The summed E-state index contributed by atoms with van der Waals surface area (Å²) in [5.41, 5.74) is 0. The lowest BCUT2D eigenvalue weighted by molar-refractivity contribution is 0.548. The van der Waals surface area contributed by atoms with E-state index in [-0.39, 0.29) is 5.75 Å². The molecule has 0 aromatic heterocycles. The monoisotopic (exact) mass is 323 g/mol. The molecular formula is C6H5F5N3OP3. The Bertz CT molecular complexity index is 613. The number of rotatable bonds is 2. The molecule has 0 fully saturated rings. The first-order chi connectivity index (χ1) is 8.20. The van der Waals surface area contributed by atoms with Gasteiger partial charge in [-0.15, -0.1) is 34.5 Å². The van der Waals surface area contributed by atoms with E-state index < -0.39 is 23.4 Å². The van der Waals surface area contributed by atoms with Crippen molar-refractivity contribution in [3.05, 3.63) is 30.3 Å². The summed E-state index contributed by atoms with van der Waals surface area (Å²) >= 11 is 0. The van der Waals surface area contributed by atoms with Crippen molar-refractivity contribution in [1.29, 1.82) is 0 Å². The number of hydrogen-bond acceptors (Lipinski definition) is 4. The molecule has 4 nitrogen and oxygen atoms in total. The predicted octanol–water partition coefficient (Wildman–Crippen LogP) is 6.77. The molecule has 0 aliphatic carbocycles. The summed E-state index contributed by atoms with van der Waals surface area (Å²) in [7, 11) is -16.5. The molecule has 0 saturated carbocycles. The fourth-order valence-corrected chi connectivity index (χ4v) is 6.34. The molecule has 1 aromatic rings. The normalized spacial score (nSPS) is 28.5. The van der Waals surface area contributed by atoms with Gasteiger partial charge in [-0.25, -0.2) is 0 Å². The van der Waals surface area contributed by atoms with Crippen molar-refractivity contribution >= 4 is 23.4 Å². The molecule has 2 rings (SSSR count). The standard InChI is InChI=1S/C6H5F5N3OP3/c7-16(8)12-17(9,10)14-18(11,13-16)15-6-4-2-1-3-5-6/h1-5H. The van der Waals surface area contributed by atoms with Crippen LogP contribution in [0.15, 0.2) is 43.9 Å². The van der Waals surface area contributed by atoms with Crippen LogP contribution in [0.5, 0.6) is 5.75 Å². The molecule has 1 aromatic carbocycles. The van der Waals surface area contributed by atoms with Crippen LogP contribution in [0.3, 0.4) is 0 Å². The van der Waals surface area contributed by atoms with Crippen LogP contribution in [0.2, 0.25) is 0 Å². The summed E-state index contributed by atoms with van der Waals surface area (Å²) in [4.78, 5) is 0. The zero-order valence-corrected chi connectivity index (χ0v) is 11.1. The van der Waals surface area contributed by atoms with Gasteiger partial charge in [0.25, 0.3) is 0 Å². The van der Waals surface area contributed by atoms with Crippen LogP contribution in [0.4, 0.5) is 21.0 Å². The molecule has 0 saturated heterocycles. The predicted molar refractivity (Wildman–Crippen MR) is 60.7 cm³/mol. The second-order valence-electron chi connectivity index (χ2n) is 3.06. The zero-order chi connectivity index (χ0) is 13.4. The van der Waals surface area contributed by atoms with Gasteiger partial charge < -0.3 is 4.52 Å². The van der Waals surface area contributed by atoms with Crippen molar-refractivity contribution in [2.75, 3.05) is 0 Å². The van der Waals surface area contributed by atoms with Gasteiger partial charge in [0.05, 0.1) is 0 Å². The molecule has 0 spiro atoms. The second-order valence-corrected chi connectivity index (χ2v) is 8.15. The highest BCUT2D eigenvalue weighted by Gasteiger charge is 2.41. The van der Waals surface area contributed by atoms with Crippen molar-refractivity contribution < 1.29 is 25.5 Å².